The highest BCUT2D eigenvalue weighted by Gasteiger charge is 2.23. The number of aromatic nitrogens is 3. The van der Waals surface area contributed by atoms with Crippen LogP contribution in [0.25, 0.3) is 0 Å². The number of imidazole rings is 1. The van der Waals surface area contributed by atoms with Crippen LogP contribution in [-0.2, 0) is 27.9 Å². The first kappa shape index (κ1) is 16.7. The van der Waals surface area contributed by atoms with Gasteiger partial charge >= 0.3 is 0 Å². The second kappa shape index (κ2) is 6.59. The van der Waals surface area contributed by atoms with Crippen molar-refractivity contribution in [3.8, 4) is 0 Å². The van der Waals surface area contributed by atoms with E-state index >= 15 is 0 Å². The van der Waals surface area contributed by atoms with Gasteiger partial charge in [0.25, 0.3) is 0 Å². The van der Waals surface area contributed by atoms with Gasteiger partial charge in [-0.05, 0) is 20.8 Å². The first-order valence-electron chi connectivity index (χ1n) is 6.79. The van der Waals surface area contributed by atoms with Crippen molar-refractivity contribution in [1.29, 1.82) is 0 Å². The molecule has 0 saturated heterocycles. The van der Waals surface area contributed by atoms with Crippen LogP contribution < -0.4 is 4.72 Å². The van der Waals surface area contributed by atoms with Crippen LogP contribution in [0.5, 0.6) is 0 Å². The molecule has 0 atom stereocenters. The molecule has 1 N–H and O–H groups in total. The third-order valence-corrected chi connectivity index (χ3v) is 4.98. The number of rotatable bonds is 7. The van der Waals surface area contributed by atoms with Crippen molar-refractivity contribution in [2.75, 3.05) is 13.7 Å². The maximum atomic E-state index is 12.3. The summed E-state index contributed by atoms with van der Waals surface area (Å²) in [5.74, 6) is 1.04. The van der Waals surface area contributed by atoms with Crippen molar-refractivity contribution in [3.63, 3.8) is 0 Å². The van der Waals surface area contributed by atoms with Crippen LogP contribution in [0.2, 0.25) is 0 Å². The Bertz CT molecular complexity index is 729. The lowest BCUT2D eigenvalue weighted by molar-refractivity contribution is 0.174. The maximum Gasteiger partial charge on any atom is 0.246 e. The van der Waals surface area contributed by atoms with Crippen molar-refractivity contribution in [2.45, 2.75) is 38.8 Å². The first-order valence-corrected chi connectivity index (χ1v) is 8.27. The van der Waals surface area contributed by atoms with Gasteiger partial charge in [0.05, 0.1) is 0 Å². The number of ether oxygens (including phenoxy) is 1. The molecule has 9 heteroatoms. The molecule has 0 radical (unpaired) electrons. The summed E-state index contributed by atoms with van der Waals surface area (Å²) in [7, 11) is -2.05. The second-order valence-corrected chi connectivity index (χ2v) is 6.66. The Morgan fingerprint density at radius 1 is 1.36 bits per heavy atom. The van der Waals surface area contributed by atoms with Crippen LogP contribution in [0.15, 0.2) is 15.6 Å². The molecule has 2 aromatic rings. The summed E-state index contributed by atoms with van der Waals surface area (Å²) in [6.07, 6.45) is 1.73. The molecule has 0 unspecified atom stereocenters. The Morgan fingerprint density at radius 3 is 2.68 bits per heavy atom. The zero-order chi connectivity index (χ0) is 16.3. The highest BCUT2D eigenvalue weighted by molar-refractivity contribution is 7.89. The zero-order valence-electron chi connectivity index (χ0n) is 13.1. The van der Waals surface area contributed by atoms with Crippen molar-refractivity contribution >= 4 is 10.0 Å². The van der Waals surface area contributed by atoms with Crippen LogP contribution in [0.1, 0.15) is 23.0 Å². The van der Waals surface area contributed by atoms with E-state index in [1.54, 1.807) is 27.2 Å². The summed E-state index contributed by atoms with van der Waals surface area (Å²) in [4.78, 5) is 4.34. The zero-order valence-corrected chi connectivity index (χ0v) is 13.9. The van der Waals surface area contributed by atoms with E-state index in [1.165, 1.54) is 0 Å². The van der Waals surface area contributed by atoms with Crippen LogP contribution >= 0.6 is 0 Å². The van der Waals surface area contributed by atoms with Gasteiger partial charge in [0.2, 0.25) is 10.0 Å². The maximum absolute atomic E-state index is 12.3. The van der Waals surface area contributed by atoms with E-state index in [4.69, 9.17) is 9.26 Å². The van der Waals surface area contributed by atoms with Gasteiger partial charge in [0.15, 0.2) is 5.76 Å². The number of hydrogen-bond donors (Lipinski definition) is 1. The average Bonchev–Trinajstić information content (AvgIpc) is 2.95. The summed E-state index contributed by atoms with van der Waals surface area (Å²) >= 11 is 0. The standard InChI is InChI=1S/C13H20N4O4S/c1-9-7-14-12(8-20-4)17(9)6-5-15-22(18,19)13-10(2)16-21-11(13)3/h7,15H,5-6,8H2,1-4H3. The number of nitrogens with zero attached hydrogens (tertiary/aromatic N) is 3. The van der Waals surface area contributed by atoms with Gasteiger partial charge in [-0.25, -0.2) is 18.1 Å². The van der Waals surface area contributed by atoms with Crippen LogP contribution in [0.4, 0.5) is 0 Å². The Balaban J connectivity index is 2.07. The minimum absolute atomic E-state index is 0.104. The molecule has 0 saturated carbocycles. The molecule has 0 fully saturated rings. The fraction of sp³-hybridized carbons (Fsp3) is 0.538. The SMILES string of the molecule is COCc1ncc(C)n1CCNS(=O)(=O)c1c(C)noc1C. The van der Waals surface area contributed by atoms with Gasteiger partial charge in [-0.2, -0.15) is 0 Å². The molecule has 0 amide bonds. The van der Waals surface area contributed by atoms with E-state index in [1.807, 2.05) is 11.5 Å². The molecule has 0 aliphatic rings. The number of sulfonamides is 1. The lowest BCUT2D eigenvalue weighted by Crippen LogP contribution is -2.28. The van der Waals surface area contributed by atoms with Gasteiger partial charge in [-0.1, -0.05) is 5.16 Å². The third kappa shape index (κ3) is 3.37. The number of nitrogens with one attached hydrogen (secondary N) is 1. The molecular formula is C13H20N4O4S. The van der Waals surface area contributed by atoms with E-state index in [2.05, 4.69) is 14.9 Å². The molecule has 8 nitrogen and oxygen atoms in total. The predicted molar refractivity (Wildman–Crippen MR) is 78.8 cm³/mol. The summed E-state index contributed by atoms with van der Waals surface area (Å²) in [6.45, 7) is 6.17. The van der Waals surface area contributed by atoms with Crippen LogP contribution in [0, 0.1) is 20.8 Å². The van der Waals surface area contributed by atoms with Crippen LogP contribution in [0.3, 0.4) is 0 Å². The minimum atomic E-state index is -3.64. The lowest BCUT2D eigenvalue weighted by Gasteiger charge is -2.11. The second-order valence-electron chi connectivity index (χ2n) is 4.95. The van der Waals surface area contributed by atoms with Crippen molar-refractivity contribution < 1.29 is 17.7 Å². The molecule has 2 rings (SSSR count). The topological polar surface area (TPSA) is 99.2 Å². The quantitative estimate of drug-likeness (QED) is 0.811. The van der Waals surface area contributed by atoms with Gasteiger partial charge in [-0.3, -0.25) is 0 Å². The first-order chi connectivity index (χ1) is 10.4. The molecular weight excluding hydrogens is 308 g/mol. The smallest absolute Gasteiger partial charge is 0.246 e. The van der Waals surface area contributed by atoms with Gasteiger partial charge in [0, 0.05) is 32.1 Å². The molecule has 122 valence electrons. The fourth-order valence-electron chi connectivity index (χ4n) is 2.28. The van der Waals surface area contributed by atoms with Crippen molar-refractivity contribution in [1.82, 2.24) is 19.4 Å². The molecule has 2 heterocycles. The highest BCUT2D eigenvalue weighted by Crippen LogP contribution is 2.18. The fourth-order valence-corrected chi connectivity index (χ4v) is 3.63. The van der Waals surface area contributed by atoms with E-state index < -0.39 is 10.0 Å². The molecule has 2 aromatic heterocycles. The molecule has 0 aliphatic heterocycles. The number of hydrogen-bond acceptors (Lipinski definition) is 6. The molecule has 0 aromatic carbocycles. The Kier molecular flexibility index (Phi) is 4.99. The normalized spacial score (nSPS) is 12.0. The predicted octanol–water partition coefficient (Wildman–Crippen LogP) is 0.921. The van der Waals surface area contributed by atoms with Gasteiger partial charge < -0.3 is 13.8 Å². The Morgan fingerprint density at radius 2 is 2.09 bits per heavy atom. The lowest BCUT2D eigenvalue weighted by atomic mass is 10.4. The minimum Gasteiger partial charge on any atom is -0.377 e. The average molecular weight is 328 g/mol. The Labute approximate surface area is 129 Å². The summed E-state index contributed by atoms with van der Waals surface area (Å²) < 4.78 is 39.1. The molecule has 0 bridgehead atoms. The Hall–Kier alpha value is -1.71. The van der Waals surface area contributed by atoms with Crippen LogP contribution in [-0.4, -0.2) is 36.8 Å². The van der Waals surface area contributed by atoms with Gasteiger partial charge in [0.1, 0.15) is 23.0 Å². The summed E-state index contributed by atoms with van der Waals surface area (Å²) in [6, 6.07) is 0. The molecule has 22 heavy (non-hydrogen) atoms. The summed E-state index contributed by atoms with van der Waals surface area (Å²) in [5, 5.41) is 3.67. The molecule has 0 spiro atoms. The monoisotopic (exact) mass is 328 g/mol. The van der Waals surface area contributed by atoms with Gasteiger partial charge in [-0.15, -0.1) is 0 Å². The number of aryl methyl sites for hydroxylation is 3. The number of methoxy groups -OCH3 is 1. The van der Waals surface area contributed by atoms with Crippen molar-refractivity contribution in [2.24, 2.45) is 0 Å². The van der Waals surface area contributed by atoms with E-state index in [9.17, 15) is 8.42 Å². The van der Waals surface area contributed by atoms with E-state index in [0.717, 1.165) is 11.5 Å². The van der Waals surface area contributed by atoms with E-state index in [0.29, 0.717) is 18.8 Å². The van der Waals surface area contributed by atoms with Crippen molar-refractivity contribution in [3.05, 3.63) is 29.2 Å². The summed E-state index contributed by atoms with van der Waals surface area (Å²) in [5.41, 5.74) is 1.30. The molecule has 0 aliphatic carbocycles. The largest absolute Gasteiger partial charge is 0.377 e. The van der Waals surface area contributed by atoms with E-state index in [-0.39, 0.29) is 17.2 Å². The third-order valence-electron chi connectivity index (χ3n) is 3.28. The highest BCUT2D eigenvalue weighted by atomic mass is 32.2.